The Morgan fingerprint density at radius 2 is 2.05 bits per heavy atom. The van der Waals surface area contributed by atoms with Gasteiger partial charge in [-0.05, 0) is 31.4 Å². The molecule has 21 heavy (non-hydrogen) atoms. The van der Waals surface area contributed by atoms with E-state index in [4.69, 9.17) is 5.11 Å². The molecule has 0 saturated heterocycles. The molecule has 0 spiro atoms. The smallest absolute Gasteiger partial charge is 0.319 e. The maximum absolute atomic E-state index is 12.0. The van der Waals surface area contributed by atoms with Crippen LogP contribution in [0.25, 0.3) is 10.8 Å². The summed E-state index contributed by atoms with van der Waals surface area (Å²) in [6.45, 7) is 3.32. The van der Waals surface area contributed by atoms with Gasteiger partial charge < -0.3 is 15.7 Å². The first-order chi connectivity index (χ1) is 9.87. The summed E-state index contributed by atoms with van der Waals surface area (Å²) in [6.07, 6.45) is 3.20. The van der Waals surface area contributed by atoms with Crippen molar-refractivity contribution in [2.24, 2.45) is 0 Å². The molecule has 2 rings (SSSR count). The third-order valence-corrected chi connectivity index (χ3v) is 2.98. The van der Waals surface area contributed by atoms with Crippen LogP contribution in [0.4, 0.5) is 10.5 Å². The monoisotopic (exact) mass is 287 g/mol. The van der Waals surface area contributed by atoms with Gasteiger partial charge in [0.05, 0.1) is 12.1 Å². The number of rotatable bonds is 4. The fourth-order valence-corrected chi connectivity index (χ4v) is 2.11. The third kappa shape index (κ3) is 3.92. The lowest BCUT2D eigenvalue weighted by atomic mass is 10.0. The van der Waals surface area contributed by atoms with Crippen LogP contribution in [0.3, 0.4) is 0 Å². The van der Waals surface area contributed by atoms with Gasteiger partial charge in [-0.1, -0.05) is 12.1 Å². The highest BCUT2D eigenvalue weighted by atomic mass is 16.4. The van der Waals surface area contributed by atoms with Gasteiger partial charge in [-0.3, -0.25) is 9.78 Å². The van der Waals surface area contributed by atoms with Crippen LogP contribution >= 0.6 is 0 Å². The highest BCUT2D eigenvalue weighted by Crippen LogP contribution is 2.22. The van der Waals surface area contributed by atoms with Crippen LogP contribution in [0.5, 0.6) is 0 Å². The van der Waals surface area contributed by atoms with Crippen molar-refractivity contribution >= 4 is 28.5 Å². The van der Waals surface area contributed by atoms with Crippen molar-refractivity contribution < 1.29 is 14.7 Å². The number of aliphatic carboxylic acids is 1. The Morgan fingerprint density at radius 1 is 1.29 bits per heavy atom. The minimum atomic E-state index is -0.963. The number of carbonyl (C=O) groups excluding carboxylic acids is 1. The van der Waals surface area contributed by atoms with Crippen LogP contribution in [0.2, 0.25) is 0 Å². The number of pyridine rings is 1. The Morgan fingerprint density at radius 3 is 2.76 bits per heavy atom. The molecule has 0 atom stereocenters. The molecule has 1 aromatic heterocycles. The van der Waals surface area contributed by atoms with Crippen LogP contribution in [-0.4, -0.2) is 27.6 Å². The summed E-state index contributed by atoms with van der Waals surface area (Å²) in [5.74, 6) is -0.963. The number of benzene rings is 1. The Bertz CT molecular complexity index is 677. The molecule has 0 aliphatic rings. The van der Waals surface area contributed by atoms with Gasteiger partial charge in [-0.25, -0.2) is 4.79 Å². The Hall–Kier alpha value is -2.63. The molecule has 0 aliphatic heterocycles. The van der Waals surface area contributed by atoms with Crippen LogP contribution < -0.4 is 10.6 Å². The topological polar surface area (TPSA) is 91.3 Å². The zero-order chi connectivity index (χ0) is 15.5. The van der Waals surface area contributed by atoms with Crippen molar-refractivity contribution in [3.05, 3.63) is 36.7 Å². The summed E-state index contributed by atoms with van der Waals surface area (Å²) >= 11 is 0. The molecule has 0 radical (unpaired) electrons. The molecule has 6 heteroatoms. The predicted octanol–water partition coefficient (Wildman–Crippen LogP) is 2.61. The number of nitrogens with zero attached hydrogens (tertiary/aromatic N) is 1. The third-order valence-electron chi connectivity index (χ3n) is 2.98. The number of carbonyl (C=O) groups is 2. The molecule has 2 amide bonds. The number of aromatic nitrogens is 1. The second-order valence-electron chi connectivity index (χ2n) is 5.44. The molecular weight excluding hydrogens is 270 g/mol. The summed E-state index contributed by atoms with van der Waals surface area (Å²) in [5, 5.41) is 16.0. The van der Waals surface area contributed by atoms with E-state index in [1.807, 2.05) is 18.2 Å². The van der Waals surface area contributed by atoms with Gasteiger partial charge in [-0.15, -0.1) is 0 Å². The van der Waals surface area contributed by atoms with E-state index in [9.17, 15) is 9.59 Å². The predicted molar refractivity (Wildman–Crippen MR) is 80.2 cm³/mol. The molecule has 1 aromatic carbocycles. The number of anilines is 1. The average molecular weight is 287 g/mol. The van der Waals surface area contributed by atoms with E-state index in [1.54, 1.807) is 32.3 Å². The van der Waals surface area contributed by atoms with Crippen molar-refractivity contribution in [3.8, 4) is 0 Å². The zero-order valence-corrected chi connectivity index (χ0v) is 11.9. The van der Waals surface area contributed by atoms with Crippen molar-refractivity contribution in [3.63, 3.8) is 0 Å². The number of hydrogen-bond acceptors (Lipinski definition) is 3. The summed E-state index contributed by atoms with van der Waals surface area (Å²) in [5.41, 5.74) is -0.206. The first-order valence-corrected chi connectivity index (χ1v) is 6.51. The summed E-state index contributed by atoms with van der Waals surface area (Å²) in [6, 6.07) is 6.94. The van der Waals surface area contributed by atoms with Gasteiger partial charge in [0.1, 0.15) is 0 Å². The van der Waals surface area contributed by atoms with E-state index in [-0.39, 0.29) is 6.42 Å². The molecule has 0 bridgehead atoms. The molecule has 2 aromatic rings. The number of amides is 2. The number of fused-ring (bicyclic) bond motifs is 1. The normalized spacial score (nSPS) is 11.1. The minimum Gasteiger partial charge on any atom is -0.481 e. The highest BCUT2D eigenvalue weighted by Gasteiger charge is 2.24. The molecule has 6 nitrogen and oxygen atoms in total. The van der Waals surface area contributed by atoms with Crippen LogP contribution in [0.1, 0.15) is 20.3 Å². The molecule has 0 saturated carbocycles. The number of urea groups is 1. The lowest BCUT2D eigenvalue weighted by Gasteiger charge is -2.24. The number of nitrogens with one attached hydrogen (secondary N) is 2. The second-order valence-corrected chi connectivity index (χ2v) is 5.44. The molecule has 0 fully saturated rings. The Labute approximate surface area is 122 Å². The van der Waals surface area contributed by atoms with Crippen LogP contribution in [0.15, 0.2) is 36.7 Å². The Balaban J connectivity index is 2.13. The maximum Gasteiger partial charge on any atom is 0.319 e. The van der Waals surface area contributed by atoms with Gasteiger partial charge in [0.25, 0.3) is 0 Å². The SMILES string of the molecule is CC(C)(CC(=O)O)NC(=O)Nc1cccc2ccncc12. The van der Waals surface area contributed by atoms with Crippen LogP contribution in [-0.2, 0) is 4.79 Å². The first kappa shape index (κ1) is 14.8. The van der Waals surface area contributed by atoms with E-state index in [0.29, 0.717) is 5.69 Å². The van der Waals surface area contributed by atoms with E-state index in [0.717, 1.165) is 10.8 Å². The molecule has 110 valence electrons. The molecule has 0 unspecified atom stereocenters. The molecular formula is C15H17N3O3. The summed E-state index contributed by atoms with van der Waals surface area (Å²) in [4.78, 5) is 26.8. The fraction of sp³-hybridized carbons (Fsp3) is 0.267. The zero-order valence-electron chi connectivity index (χ0n) is 11.9. The molecule has 0 aliphatic carbocycles. The van der Waals surface area contributed by atoms with Crippen molar-refractivity contribution in [2.45, 2.75) is 25.8 Å². The fourth-order valence-electron chi connectivity index (χ4n) is 2.11. The van der Waals surface area contributed by atoms with E-state index < -0.39 is 17.5 Å². The van der Waals surface area contributed by atoms with Gasteiger partial charge in [0.15, 0.2) is 0 Å². The highest BCUT2D eigenvalue weighted by molar-refractivity contribution is 6.01. The van der Waals surface area contributed by atoms with E-state index in [2.05, 4.69) is 15.6 Å². The lowest BCUT2D eigenvalue weighted by Crippen LogP contribution is -2.46. The number of carboxylic acids is 1. The van der Waals surface area contributed by atoms with Crippen molar-refractivity contribution in [1.82, 2.24) is 10.3 Å². The maximum atomic E-state index is 12.0. The molecule has 1 heterocycles. The first-order valence-electron chi connectivity index (χ1n) is 6.51. The number of hydrogen-bond donors (Lipinski definition) is 3. The summed E-state index contributed by atoms with van der Waals surface area (Å²) in [7, 11) is 0. The average Bonchev–Trinajstić information content (AvgIpc) is 2.36. The molecule has 3 N–H and O–H groups in total. The quantitative estimate of drug-likeness (QED) is 0.806. The second kappa shape index (κ2) is 5.78. The van der Waals surface area contributed by atoms with E-state index in [1.165, 1.54) is 0 Å². The van der Waals surface area contributed by atoms with Gasteiger partial charge in [0.2, 0.25) is 0 Å². The number of carboxylic acid groups (broad SMARTS) is 1. The van der Waals surface area contributed by atoms with Gasteiger partial charge in [-0.2, -0.15) is 0 Å². The largest absolute Gasteiger partial charge is 0.481 e. The van der Waals surface area contributed by atoms with E-state index >= 15 is 0 Å². The van der Waals surface area contributed by atoms with Gasteiger partial charge in [0, 0.05) is 23.3 Å². The lowest BCUT2D eigenvalue weighted by molar-refractivity contribution is -0.138. The van der Waals surface area contributed by atoms with Crippen LogP contribution in [0, 0.1) is 0 Å². The van der Waals surface area contributed by atoms with Crippen molar-refractivity contribution in [1.29, 1.82) is 0 Å². The van der Waals surface area contributed by atoms with Crippen molar-refractivity contribution in [2.75, 3.05) is 5.32 Å². The Kier molecular flexibility index (Phi) is 4.07. The summed E-state index contributed by atoms with van der Waals surface area (Å²) < 4.78 is 0. The minimum absolute atomic E-state index is 0.155. The standard InChI is InChI=1S/C15H17N3O3/c1-15(2,8-13(19)20)18-14(21)17-12-5-3-4-10-6-7-16-9-11(10)12/h3-7,9H,8H2,1-2H3,(H,19,20)(H2,17,18,21). The van der Waals surface area contributed by atoms with Gasteiger partial charge >= 0.3 is 12.0 Å².